The van der Waals surface area contributed by atoms with Crippen LogP contribution in [0.15, 0.2) is 23.2 Å². The van der Waals surface area contributed by atoms with Crippen LogP contribution in [0.5, 0.6) is 0 Å². The molecule has 0 aromatic heterocycles. The van der Waals surface area contributed by atoms with Crippen molar-refractivity contribution in [3.8, 4) is 0 Å². The lowest BCUT2D eigenvalue weighted by Crippen LogP contribution is -2.54. The molecule has 7 nitrogen and oxygen atoms in total. The number of aliphatic imine (C=N–C) groups is 1. The molecule has 0 saturated carbocycles. The number of hydrogen-bond donors (Lipinski definition) is 2. The Labute approximate surface area is 164 Å². The van der Waals surface area contributed by atoms with Crippen LogP contribution >= 0.6 is 0 Å². The van der Waals surface area contributed by atoms with E-state index in [4.69, 9.17) is 4.74 Å². The van der Waals surface area contributed by atoms with Crippen molar-refractivity contribution in [1.82, 2.24) is 20.4 Å². The summed E-state index contributed by atoms with van der Waals surface area (Å²) in [6.45, 7) is 4.89. The van der Waals surface area contributed by atoms with Gasteiger partial charge in [-0.05, 0) is 18.1 Å². The molecule has 156 valence electrons. The first kappa shape index (κ1) is 22.0. The van der Waals surface area contributed by atoms with Gasteiger partial charge in [-0.3, -0.25) is 14.7 Å². The van der Waals surface area contributed by atoms with Crippen LogP contribution < -0.4 is 10.6 Å². The molecule has 2 N–H and O–H groups in total. The number of nitrogens with one attached hydrogen (secondary N) is 2. The highest BCUT2D eigenvalue weighted by Gasteiger charge is 2.21. The largest absolute Gasteiger partial charge is 0.383 e. The van der Waals surface area contributed by atoms with Crippen LogP contribution in [0.4, 0.5) is 8.78 Å². The number of amides is 1. The maximum Gasteiger partial charge on any atom is 0.234 e. The smallest absolute Gasteiger partial charge is 0.234 e. The number of nitrogens with zero attached hydrogens (tertiary/aromatic N) is 3. The number of methoxy groups -OCH3 is 1. The minimum Gasteiger partial charge on any atom is -0.383 e. The Balaban J connectivity index is 1.72. The molecule has 1 aliphatic rings. The van der Waals surface area contributed by atoms with Crippen LogP contribution in [0, 0.1) is 11.6 Å². The molecule has 1 heterocycles. The fourth-order valence-electron chi connectivity index (χ4n) is 3.03. The summed E-state index contributed by atoms with van der Waals surface area (Å²) in [4.78, 5) is 20.4. The zero-order valence-corrected chi connectivity index (χ0v) is 16.5. The van der Waals surface area contributed by atoms with Crippen molar-refractivity contribution in [1.29, 1.82) is 0 Å². The summed E-state index contributed by atoms with van der Waals surface area (Å²) in [5.41, 5.74) is 0.466. The summed E-state index contributed by atoms with van der Waals surface area (Å²) in [7, 11) is 3.30. The van der Waals surface area contributed by atoms with E-state index in [0.29, 0.717) is 38.2 Å². The quantitative estimate of drug-likeness (QED) is 0.379. The van der Waals surface area contributed by atoms with E-state index in [0.717, 1.165) is 38.2 Å². The predicted molar refractivity (Wildman–Crippen MR) is 104 cm³/mol. The number of piperazine rings is 1. The predicted octanol–water partition coefficient (Wildman–Crippen LogP) is 0.463. The lowest BCUT2D eigenvalue weighted by molar-refractivity contribution is -0.122. The van der Waals surface area contributed by atoms with Gasteiger partial charge in [0.2, 0.25) is 5.91 Å². The SMILES string of the molecule is CN=C(NCCc1ccc(F)cc1F)N1CCN(CC(=O)NCCOC)CC1. The molecule has 1 aromatic rings. The number of ether oxygens (including phenoxy) is 1. The zero-order valence-electron chi connectivity index (χ0n) is 16.5. The van der Waals surface area contributed by atoms with Gasteiger partial charge < -0.3 is 20.3 Å². The minimum atomic E-state index is -0.574. The van der Waals surface area contributed by atoms with Crippen LogP contribution in [-0.4, -0.2) is 88.2 Å². The van der Waals surface area contributed by atoms with E-state index in [9.17, 15) is 13.6 Å². The molecule has 1 fully saturated rings. The Bertz CT molecular complexity index is 664. The number of benzene rings is 1. The molecular weight excluding hydrogens is 368 g/mol. The maximum absolute atomic E-state index is 13.7. The van der Waals surface area contributed by atoms with Gasteiger partial charge in [0.1, 0.15) is 11.6 Å². The normalized spacial score (nSPS) is 15.6. The average Bonchev–Trinajstić information content (AvgIpc) is 2.68. The fourth-order valence-corrected chi connectivity index (χ4v) is 3.03. The molecular formula is C19H29F2N5O2. The number of hydrogen-bond acceptors (Lipinski definition) is 4. The third-order valence-corrected chi connectivity index (χ3v) is 4.57. The number of carbonyl (C=O) groups excluding carboxylic acids is 1. The van der Waals surface area contributed by atoms with E-state index in [-0.39, 0.29) is 5.91 Å². The third-order valence-electron chi connectivity index (χ3n) is 4.57. The first-order chi connectivity index (χ1) is 13.5. The zero-order chi connectivity index (χ0) is 20.4. The molecule has 1 aliphatic heterocycles. The number of rotatable bonds is 8. The molecule has 0 bridgehead atoms. The summed E-state index contributed by atoms with van der Waals surface area (Å²) in [5.74, 6) is -0.370. The Morgan fingerprint density at radius 3 is 2.57 bits per heavy atom. The van der Waals surface area contributed by atoms with Crippen molar-refractivity contribution in [3.05, 3.63) is 35.4 Å². The fraction of sp³-hybridized carbons (Fsp3) is 0.579. The van der Waals surface area contributed by atoms with E-state index < -0.39 is 11.6 Å². The van der Waals surface area contributed by atoms with Gasteiger partial charge in [0.05, 0.1) is 13.2 Å². The average molecular weight is 397 g/mol. The van der Waals surface area contributed by atoms with Crippen LogP contribution in [-0.2, 0) is 16.0 Å². The molecule has 0 spiro atoms. The van der Waals surface area contributed by atoms with Crippen molar-refractivity contribution < 1.29 is 18.3 Å². The highest BCUT2D eigenvalue weighted by molar-refractivity contribution is 5.80. The van der Waals surface area contributed by atoms with Crippen molar-refractivity contribution in [2.75, 3.05) is 66.6 Å². The minimum absolute atomic E-state index is 0.00525. The second-order valence-corrected chi connectivity index (χ2v) is 6.57. The summed E-state index contributed by atoms with van der Waals surface area (Å²) >= 11 is 0. The van der Waals surface area contributed by atoms with E-state index in [2.05, 4.69) is 25.4 Å². The first-order valence-electron chi connectivity index (χ1n) is 9.41. The van der Waals surface area contributed by atoms with Crippen LogP contribution in [0.3, 0.4) is 0 Å². The van der Waals surface area contributed by atoms with Gasteiger partial charge in [0.25, 0.3) is 0 Å². The van der Waals surface area contributed by atoms with Gasteiger partial charge in [0, 0.05) is 59.5 Å². The van der Waals surface area contributed by atoms with E-state index in [1.807, 2.05) is 0 Å². The monoisotopic (exact) mass is 397 g/mol. The molecule has 28 heavy (non-hydrogen) atoms. The summed E-state index contributed by atoms with van der Waals surface area (Å²) < 4.78 is 31.6. The molecule has 1 saturated heterocycles. The van der Waals surface area contributed by atoms with Crippen LogP contribution in [0.1, 0.15) is 5.56 Å². The second kappa shape index (κ2) is 11.6. The van der Waals surface area contributed by atoms with Crippen molar-refractivity contribution in [2.24, 2.45) is 4.99 Å². The Morgan fingerprint density at radius 2 is 1.93 bits per heavy atom. The highest BCUT2D eigenvalue weighted by Crippen LogP contribution is 2.10. The third kappa shape index (κ3) is 7.05. The Kier molecular flexibility index (Phi) is 9.09. The van der Waals surface area contributed by atoms with Crippen molar-refractivity contribution >= 4 is 11.9 Å². The Morgan fingerprint density at radius 1 is 1.18 bits per heavy atom. The molecule has 0 aliphatic carbocycles. The Hall–Kier alpha value is -2.26. The standard InChI is InChI=1S/C19H29F2N5O2/c1-22-19(24-6-5-15-3-4-16(20)13-17(15)21)26-10-8-25(9-11-26)14-18(27)23-7-12-28-2/h3-4,13H,5-12,14H2,1-2H3,(H,22,24)(H,23,27). The van der Waals surface area contributed by atoms with Gasteiger partial charge in [-0.15, -0.1) is 0 Å². The summed E-state index contributed by atoms with van der Waals surface area (Å²) in [5, 5.41) is 6.04. The van der Waals surface area contributed by atoms with Crippen LogP contribution in [0.25, 0.3) is 0 Å². The van der Waals surface area contributed by atoms with Crippen molar-refractivity contribution in [2.45, 2.75) is 6.42 Å². The first-order valence-corrected chi connectivity index (χ1v) is 9.41. The molecule has 1 amide bonds. The molecule has 9 heteroatoms. The number of halogens is 2. The molecule has 0 radical (unpaired) electrons. The van der Waals surface area contributed by atoms with E-state index in [1.54, 1.807) is 14.2 Å². The lowest BCUT2D eigenvalue weighted by atomic mass is 10.1. The van der Waals surface area contributed by atoms with E-state index in [1.165, 1.54) is 12.1 Å². The van der Waals surface area contributed by atoms with Gasteiger partial charge in [-0.25, -0.2) is 8.78 Å². The summed E-state index contributed by atoms with van der Waals surface area (Å²) in [6.07, 6.45) is 0.437. The second-order valence-electron chi connectivity index (χ2n) is 6.57. The maximum atomic E-state index is 13.7. The van der Waals surface area contributed by atoms with Gasteiger partial charge in [-0.1, -0.05) is 6.07 Å². The highest BCUT2D eigenvalue weighted by atomic mass is 19.1. The lowest BCUT2D eigenvalue weighted by Gasteiger charge is -2.36. The van der Waals surface area contributed by atoms with Gasteiger partial charge >= 0.3 is 0 Å². The van der Waals surface area contributed by atoms with Gasteiger partial charge in [-0.2, -0.15) is 0 Å². The molecule has 2 rings (SSSR count). The van der Waals surface area contributed by atoms with Crippen molar-refractivity contribution in [3.63, 3.8) is 0 Å². The summed E-state index contributed by atoms with van der Waals surface area (Å²) in [6, 6.07) is 3.62. The van der Waals surface area contributed by atoms with Crippen LogP contribution in [0.2, 0.25) is 0 Å². The molecule has 0 unspecified atom stereocenters. The van der Waals surface area contributed by atoms with E-state index >= 15 is 0 Å². The van der Waals surface area contributed by atoms with Gasteiger partial charge in [0.15, 0.2) is 5.96 Å². The number of guanidine groups is 1. The topological polar surface area (TPSA) is 69.2 Å². The number of carbonyl (C=O) groups is 1. The molecule has 1 aromatic carbocycles. The molecule has 0 atom stereocenters.